The zero-order chi connectivity index (χ0) is 11.8. The summed E-state index contributed by atoms with van der Waals surface area (Å²) in [5, 5.41) is 1.34. The summed E-state index contributed by atoms with van der Waals surface area (Å²) >= 11 is 5.86. The van der Waals surface area contributed by atoms with Crippen molar-refractivity contribution in [3.8, 4) is 0 Å². The molecule has 5 heteroatoms. The Balaban J connectivity index is 2.50. The van der Waals surface area contributed by atoms with Crippen LogP contribution in [0, 0.1) is 0 Å². The quantitative estimate of drug-likeness (QED) is 0.850. The Kier molecular flexibility index (Phi) is 2.95. The Morgan fingerprint density at radius 1 is 1.38 bits per heavy atom. The van der Waals surface area contributed by atoms with Gasteiger partial charge in [0.25, 0.3) is 0 Å². The Morgan fingerprint density at radius 2 is 2.12 bits per heavy atom. The van der Waals surface area contributed by atoms with Gasteiger partial charge in [-0.1, -0.05) is 18.5 Å². The molecule has 3 nitrogen and oxygen atoms in total. The SMILES string of the molecule is CCS(=O)(=O)Cc1coc2ccc(Cl)cc12. The number of hydrogen-bond donors (Lipinski definition) is 0. The maximum absolute atomic E-state index is 11.5. The maximum atomic E-state index is 11.5. The van der Waals surface area contributed by atoms with Crippen molar-refractivity contribution in [1.29, 1.82) is 0 Å². The summed E-state index contributed by atoms with van der Waals surface area (Å²) in [7, 11) is -3.05. The van der Waals surface area contributed by atoms with E-state index in [1.165, 1.54) is 6.26 Å². The average molecular weight is 259 g/mol. The zero-order valence-corrected chi connectivity index (χ0v) is 10.3. The van der Waals surface area contributed by atoms with Crippen LogP contribution in [0.15, 0.2) is 28.9 Å². The number of benzene rings is 1. The van der Waals surface area contributed by atoms with Crippen molar-refractivity contribution >= 4 is 32.4 Å². The fraction of sp³-hybridized carbons (Fsp3) is 0.273. The van der Waals surface area contributed by atoms with Crippen LogP contribution in [0.4, 0.5) is 0 Å². The Hall–Kier alpha value is -1.00. The van der Waals surface area contributed by atoms with E-state index >= 15 is 0 Å². The second-order valence-corrected chi connectivity index (χ2v) is 6.37. The first-order chi connectivity index (χ1) is 7.52. The molecule has 0 saturated heterocycles. The number of furan rings is 1. The third-order valence-corrected chi connectivity index (χ3v) is 4.30. The molecule has 0 bridgehead atoms. The van der Waals surface area contributed by atoms with E-state index in [4.69, 9.17) is 16.0 Å². The molecule has 0 atom stereocenters. The van der Waals surface area contributed by atoms with Gasteiger partial charge in [0.15, 0.2) is 9.84 Å². The number of fused-ring (bicyclic) bond motifs is 1. The van der Waals surface area contributed by atoms with Crippen molar-refractivity contribution in [3.63, 3.8) is 0 Å². The van der Waals surface area contributed by atoms with Gasteiger partial charge in [-0.3, -0.25) is 0 Å². The van der Waals surface area contributed by atoms with Gasteiger partial charge in [0.1, 0.15) is 5.58 Å². The Labute approximate surface area is 98.9 Å². The lowest BCUT2D eigenvalue weighted by molar-refractivity contribution is 0.592. The third kappa shape index (κ3) is 2.23. The molecule has 1 heterocycles. The van der Waals surface area contributed by atoms with Gasteiger partial charge in [0.2, 0.25) is 0 Å². The zero-order valence-electron chi connectivity index (χ0n) is 8.73. The lowest BCUT2D eigenvalue weighted by Gasteiger charge is -1.98. The summed E-state index contributed by atoms with van der Waals surface area (Å²) in [6.07, 6.45) is 1.48. The van der Waals surface area contributed by atoms with Crippen molar-refractivity contribution in [2.24, 2.45) is 0 Å². The molecule has 0 aliphatic heterocycles. The van der Waals surface area contributed by atoms with Gasteiger partial charge < -0.3 is 4.42 Å². The lowest BCUT2D eigenvalue weighted by Crippen LogP contribution is -2.05. The van der Waals surface area contributed by atoms with E-state index in [-0.39, 0.29) is 11.5 Å². The predicted molar refractivity (Wildman–Crippen MR) is 64.4 cm³/mol. The molecular formula is C11H11ClO3S. The van der Waals surface area contributed by atoms with Crippen molar-refractivity contribution in [2.75, 3.05) is 5.75 Å². The highest BCUT2D eigenvalue weighted by atomic mass is 35.5. The highest BCUT2D eigenvalue weighted by Gasteiger charge is 2.14. The number of sulfone groups is 1. The van der Waals surface area contributed by atoms with Gasteiger partial charge >= 0.3 is 0 Å². The van der Waals surface area contributed by atoms with Gasteiger partial charge in [-0.2, -0.15) is 0 Å². The van der Waals surface area contributed by atoms with E-state index in [1.54, 1.807) is 25.1 Å². The van der Waals surface area contributed by atoms with Crippen molar-refractivity contribution in [3.05, 3.63) is 35.0 Å². The standard InChI is InChI=1S/C11H11ClO3S/c1-2-16(13,14)7-8-6-15-11-4-3-9(12)5-10(8)11/h3-6H,2,7H2,1H3. The van der Waals surface area contributed by atoms with Crippen LogP contribution in [0.1, 0.15) is 12.5 Å². The smallest absolute Gasteiger partial charge is 0.154 e. The number of rotatable bonds is 3. The molecule has 0 spiro atoms. The van der Waals surface area contributed by atoms with Crippen LogP contribution >= 0.6 is 11.6 Å². The minimum Gasteiger partial charge on any atom is -0.464 e. The Bertz CT molecular complexity index is 613. The van der Waals surface area contributed by atoms with Crippen LogP contribution < -0.4 is 0 Å². The molecule has 0 aliphatic carbocycles. The normalized spacial score (nSPS) is 12.1. The first-order valence-electron chi connectivity index (χ1n) is 4.88. The van der Waals surface area contributed by atoms with Crippen LogP contribution in [0.2, 0.25) is 5.02 Å². The molecule has 16 heavy (non-hydrogen) atoms. The molecule has 0 radical (unpaired) electrons. The summed E-state index contributed by atoms with van der Waals surface area (Å²) in [5.74, 6) is 0.122. The van der Waals surface area contributed by atoms with Gasteiger partial charge in [0.05, 0.1) is 12.0 Å². The molecule has 0 amide bonds. The van der Waals surface area contributed by atoms with E-state index < -0.39 is 9.84 Å². The number of hydrogen-bond acceptors (Lipinski definition) is 3. The van der Waals surface area contributed by atoms with Crippen LogP contribution in [-0.4, -0.2) is 14.2 Å². The summed E-state index contributed by atoms with van der Waals surface area (Å²) in [6, 6.07) is 5.17. The van der Waals surface area contributed by atoms with Crippen LogP contribution in [0.5, 0.6) is 0 Å². The Morgan fingerprint density at radius 3 is 2.81 bits per heavy atom. The topological polar surface area (TPSA) is 47.3 Å². The van der Waals surface area contributed by atoms with Crippen molar-refractivity contribution in [1.82, 2.24) is 0 Å². The molecule has 1 aromatic carbocycles. The molecule has 1 aromatic heterocycles. The molecule has 86 valence electrons. The minimum absolute atomic E-state index is 0.00313. The fourth-order valence-corrected chi connectivity index (χ4v) is 2.58. The lowest BCUT2D eigenvalue weighted by atomic mass is 10.2. The van der Waals surface area contributed by atoms with E-state index in [0.29, 0.717) is 16.2 Å². The maximum Gasteiger partial charge on any atom is 0.154 e. The average Bonchev–Trinajstić information content (AvgIpc) is 2.61. The molecule has 0 saturated carbocycles. The second-order valence-electron chi connectivity index (χ2n) is 3.58. The number of halogens is 1. The van der Waals surface area contributed by atoms with Crippen LogP contribution in [-0.2, 0) is 15.6 Å². The fourth-order valence-electron chi connectivity index (χ4n) is 1.50. The summed E-state index contributed by atoms with van der Waals surface area (Å²) in [6.45, 7) is 1.63. The van der Waals surface area contributed by atoms with Crippen LogP contribution in [0.3, 0.4) is 0 Å². The summed E-state index contributed by atoms with van der Waals surface area (Å²) in [4.78, 5) is 0. The third-order valence-electron chi connectivity index (χ3n) is 2.43. The monoisotopic (exact) mass is 258 g/mol. The van der Waals surface area contributed by atoms with Gasteiger partial charge in [-0.25, -0.2) is 8.42 Å². The summed E-state index contributed by atoms with van der Waals surface area (Å²) < 4.78 is 28.3. The molecule has 0 unspecified atom stereocenters. The van der Waals surface area contributed by atoms with Crippen molar-refractivity contribution in [2.45, 2.75) is 12.7 Å². The molecule has 0 fully saturated rings. The van der Waals surface area contributed by atoms with Gasteiger partial charge in [0, 0.05) is 21.7 Å². The molecular weight excluding hydrogens is 248 g/mol. The van der Waals surface area contributed by atoms with Crippen LogP contribution in [0.25, 0.3) is 11.0 Å². The van der Waals surface area contributed by atoms with Gasteiger partial charge in [-0.05, 0) is 18.2 Å². The highest BCUT2D eigenvalue weighted by Crippen LogP contribution is 2.26. The molecule has 2 aromatic rings. The minimum atomic E-state index is -3.05. The predicted octanol–water partition coefficient (Wildman–Crippen LogP) is 3.02. The van der Waals surface area contributed by atoms with Gasteiger partial charge in [-0.15, -0.1) is 0 Å². The largest absolute Gasteiger partial charge is 0.464 e. The van der Waals surface area contributed by atoms with E-state index in [9.17, 15) is 8.42 Å². The van der Waals surface area contributed by atoms with E-state index in [2.05, 4.69) is 0 Å². The summed E-state index contributed by atoms with van der Waals surface area (Å²) in [5.41, 5.74) is 1.32. The molecule has 0 N–H and O–H groups in total. The van der Waals surface area contributed by atoms with E-state index in [1.807, 2.05) is 0 Å². The first-order valence-corrected chi connectivity index (χ1v) is 7.08. The van der Waals surface area contributed by atoms with E-state index in [0.717, 1.165) is 5.39 Å². The highest BCUT2D eigenvalue weighted by molar-refractivity contribution is 7.90. The molecule has 2 rings (SSSR count). The van der Waals surface area contributed by atoms with Crippen molar-refractivity contribution < 1.29 is 12.8 Å². The second kappa shape index (κ2) is 4.11. The molecule has 0 aliphatic rings. The first kappa shape index (κ1) is 11.5.